The number of ether oxygens (including phenoxy) is 2. The van der Waals surface area contributed by atoms with Gasteiger partial charge in [-0.2, -0.15) is 0 Å². The van der Waals surface area contributed by atoms with Gasteiger partial charge >= 0.3 is 11.8 Å². The van der Waals surface area contributed by atoms with E-state index >= 15 is 0 Å². The molecule has 0 saturated carbocycles. The number of nitrogens with zero attached hydrogens (tertiary/aromatic N) is 1. The van der Waals surface area contributed by atoms with Crippen LogP contribution in [0.2, 0.25) is 0 Å². The van der Waals surface area contributed by atoms with Crippen LogP contribution in [0.15, 0.2) is 22.4 Å². The highest BCUT2D eigenvalue weighted by molar-refractivity contribution is 8.27. The number of carbonyl (C=O) groups excluding carboxylic acids is 1. The lowest BCUT2D eigenvalue weighted by Crippen LogP contribution is -2.34. The maximum Gasteiger partial charge on any atom is 0.407 e. The van der Waals surface area contributed by atoms with Gasteiger partial charge in [0.15, 0.2) is 5.75 Å². The fourth-order valence-corrected chi connectivity index (χ4v) is 3.39. The van der Waals surface area contributed by atoms with Crippen molar-refractivity contribution >= 4 is 28.4 Å². The van der Waals surface area contributed by atoms with Gasteiger partial charge in [0.2, 0.25) is 0 Å². The third-order valence-corrected chi connectivity index (χ3v) is 4.62. The molecular formula is C15H20N2O7S. The molecule has 1 aliphatic rings. The zero-order valence-electron chi connectivity index (χ0n) is 14.0. The van der Waals surface area contributed by atoms with Crippen molar-refractivity contribution in [1.82, 2.24) is 5.32 Å². The standard InChI is InChI=1S/C15H20N2O7S/c1-15(2,3)24-14(18)16-7-8-23-11-4-5-12-10(13(11)17(19)20)6-9-25(12,21)22/h4-6,9,21-22H,7-8H2,1-3H3,(H,16,18). The normalized spacial score (nSPS) is 16.0. The fraction of sp³-hybridized carbons (Fsp3) is 0.400. The Morgan fingerprint density at radius 3 is 2.64 bits per heavy atom. The smallest absolute Gasteiger partial charge is 0.407 e. The molecule has 2 rings (SSSR count). The second-order valence-electron chi connectivity index (χ2n) is 6.25. The summed E-state index contributed by atoms with van der Waals surface area (Å²) in [6.07, 6.45) is 0.686. The van der Waals surface area contributed by atoms with Crippen LogP contribution in [0.25, 0.3) is 6.08 Å². The second kappa shape index (κ2) is 6.90. The van der Waals surface area contributed by atoms with Crippen LogP contribution in [-0.2, 0) is 4.74 Å². The van der Waals surface area contributed by atoms with Crippen molar-refractivity contribution in [3.8, 4) is 5.75 Å². The van der Waals surface area contributed by atoms with Crippen LogP contribution in [-0.4, -0.2) is 38.9 Å². The van der Waals surface area contributed by atoms with Crippen LogP contribution in [0.4, 0.5) is 10.5 Å². The number of amides is 1. The van der Waals surface area contributed by atoms with E-state index in [1.807, 2.05) is 0 Å². The summed E-state index contributed by atoms with van der Waals surface area (Å²) >= 11 is 0. The molecule has 25 heavy (non-hydrogen) atoms. The van der Waals surface area contributed by atoms with Gasteiger partial charge in [0.1, 0.15) is 12.2 Å². The van der Waals surface area contributed by atoms with Crippen LogP contribution < -0.4 is 10.1 Å². The molecule has 0 saturated heterocycles. The molecule has 0 spiro atoms. The molecule has 0 aliphatic carbocycles. The van der Waals surface area contributed by atoms with Crippen molar-refractivity contribution < 1.29 is 28.3 Å². The predicted molar refractivity (Wildman–Crippen MR) is 93.0 cm³/mol. The highest BCUT2D eigenvalue weighted by atomic mass is 32.3. The Kier molecular flexibility index (Phi) is 5.26. The van der Waals surface area contributed by atoms with E-state index in [1.54, 1.807) is 20.8 Å². The van der Waals surface area contributed by atoms with Crippen LogP contribution in [0, 0.1) is 10.1 Å². The Hall–Kier alpha value is -2.30. The SMILES string of the molecule is CC(C)(C)OC(=O)NCCOc1ccc2c(c1[N+](=O)[O-])C=CS2(O)O. The van der Waals surface area contributed by atoms with E-state index in [-0.39, 0.29) is 35.0 Å². The summed E-state index contributed by atoms with van der Waals surface area (Å²) in [5, 5.41) is 15.0. The van der Waals surface area contributed by atoms with Gasteiger partial charge in [0.05, 0.1) is 21.9 Å². The number of nitrogens with one attached hydrogen (secondary N) is 1. The number of benzene rings is 1. The Bertz CT molecular complexity index is 725. The number of nitro benzene ring substituents is 1. The van der Waals surface area contributed by atoms with Crippen molar-refractivity contribution in [3.05, 3.63) is 33.2 Å². The van der Waals surface area contributed by atoms with Crippen molar-refractivity contribution in [3.63, 3.8) is 0 Å². The monoisotopic (exact) mass is 372 g/mol. The van der Waals surface area contributed by atoms with Crippen LogP contribution >= 0.6 is 10.6 Å². The van der Waals surface area contributed by atoms with Crippen LogP contribution in [0.1, 0.15) is 26.3 Å². The van der Waals surface area contributed by atoms with Gasteiger partial charge in [-0.15, -0.1) is 10.6 Å². The molecule has 0 bridgehead atoms. The molecule has 10 heteroatoms. The van der Waals surface area contributed by atoms with Crippen molar-refractivity contribution in [2.45, 2.75) is 31.3 Å². The number of alkyl carbamates (subject to hydrolysis) is 1. The number of carbonyl (C=O) groups is 1. The summed E-state index contributed by atoms with van der Waals surface area (Å²) in [5.74, 6) is -0.0171. The lowest BCUT2D eigenvalue weighted by Gasteiger charge is -2.25. The highest BCUT2D eigenvalue weighted by Crippen LogP contribution is 2.59. The minimum atomic E-state index is -3.15. The van der Waals surface area contributed by atoms with Crippen LogP contribution in [0.5, 0.6) is 5.75 Å². The lowest BCUT2D eigenvalue weighted by atomic mass is 10.1. The third kappa shape index (κ3) is 4.62. The van der Waals surface area contributed by atoms with Crippen LogP contribution in [0.3, 0.4) is 0 Å². The van der Waals surface area contributed by atoms with E-state index < -0.39 is 27.2 Å². The Morgan fingerprint density at radius 1 is 1.36 bits per heavy atom. The Balaban J connectivity index is 2.03. The summed E-state index contributed by atoms with van der Waals surface area (Å²) in [4.78, 5) is 22.3. The average molecular weight is 372 g/mol. The van der Waals surface area contributed by atoms with Gasteiger partial charge in [-0.25, -0.2) is 4.79 Å². The first-order valence-corrected chi connectivity index (χ1v) is 9.00. The summed E-state index contributed by atoms with van der Waals surface area (Å²) < 4.78 is 30.1. The number of fused-ring (bicyclic) bond motifs is 1. The highest BCUT2D eigenvalue weighted by Gasteiger charge is 2.31. The van der Waals surface area contributed by atoms with E-state index in [4.69, 9.17) is 9.47 Å². The molecule has 1 aliphatic heterocycles. The number of nitro groups is 1. The minimum absolute atomic E-state index is 0.0150. The van der Waals surface area contributed by atoms with E-state index in [1.165, 1.54) is 18.2 Å². The molecule has 0 unspecified atom stereocenters. The maximum absolute atomic E-state index is 11.5. The number of rotatable bonds is 5. The molecule has 0 aromatic heterocycles. The first kappa shape index (κ1) is 19.0. The Morgan fingerprint density at radius 2 is 2.04 bits per heavy atom. The summed E-state index contributed by atoms with van der Waals surface area (Å²) in [6.45, 7) is 5.27. The molecule has 0 atom stereocenters. The summed E-state index contributed by atoms with van der Waals surface area (Å²) in [7, 11) is -3.15. The van der Waals surface area contributed by atoms with Gasteiger partial charge in [-0.3, -0.25) is 19.2 Å². The van der Waals surface area contributed by atoms with E-state index in [0.29, 0.717) is 0 Å². The molecule has 1 amide bonds. The summed E-state index contributed by atoms with van der Waals surface area (Å²) in [6, 6.07) is 2.69. The molecule has 3 N–H and O–H groups in total. The zero-order valence-corrected chi connectivity index (χ0v) is 14.8. The van der Waals surface area contributed by atoms with E-state index in [9.17, 15) is 24.0 Å². The zero-order chi connectivity index (χ0) is 18.8. The van der Waals surface area contributed by atoms with Crippen molar-refractivity contribution in [1.29, 1.82) is 0 Å². The second-order valence-corrected chi connectivity index (χ2v) is 8.15. The minimum Gasteiger partial charge on any atom is -0.485 e. The largest absolute Gasteiger partial charge is 0.485 e. The Labute approximate surface area is 146 Å². The predicted octanol–water partition coefficient (Wildman–Crippen LogP) is 3.59. The molecule has 0 radical (unpaired) electrons. The van der Waals surface area contributed by atoms with Crippen molar-refractivity contribution in [2.75, 3.05) is 13.2 Å². The first-order chi connectivity index (χ1) is 11.5. The van der Waals surface area contributed by atoms with Gasteiger partial charge in [-0.05, 0) is 39.0 Å². The number of hydrogen-bond acceptors (Lipinski definition) is 7. The quantitative estimate of drug-likeness (QED) is 0.409. The van der Waals surface area contributed by atoms with E-state index in [2.05, 4.69) is 5.32 Å². The molecule has 0 fully saturated rings. The third-order valence-electron chi connectivity index (χ3n) is 3.10. The number of hydrogen-bond donors (Lipinski definition) is 3. The van der Waals surface area contributed by atoms with Gasteiger partial charge < -0.3 is 14.8 Å². The topological polar surface area (TPSA) is 131 Å². The molecular weight excluding hydrogens is 352 g/mol. The molecule has 1 aromatic rings. The molecule has 138 valence electrons. The van der Waals surface area contributed by atoms with Gasteiger partial charge in [0, 0.05) is 5.41 Å². The van der Waals surface area contributed by atoms with Crippen molar-refractivity contribution in [2.24, 2.45) is 0 Å². The molecule has 9 nitrogen and oxygen atoms in total. The maximum atomic E-state index is 11.5. The first-order valence-electron chi connectivity index (χ1n) is 7.39. The van der Waals surface area contributed by atoms with Gasteiger partial charge in [0.25, 0.3) is 0 Å². The fourth-order valence-electron chi connectivity index (χ4n) is 2.16. The summed E-state index contributed by atoms with van der Waals surface area (Å²) in [5.41, 5.74) is -0.856. The average Bonchev–Trinajstić information content (AvgIpc) is 2.76. The lowest BCUT2D eigenvalue weighted by molar-refractivity contribution is -0.386. The molecule has 1 aromatic carbocycles. The molecule has 1 heterocycles. The van der Waals surface area contributed by atoms with Gasteiger partial charge in [-0.1, -0.05) is 0 Å². The van der Waals surface area contributed by atoms with E-state index in [0.717, 1.165) is 5.41 Å².